The van der Waals surface area contributed by atoms with Crippen LogP contribution >= 0.6 is 0 Å². The van der Waals surface area contributed by atoms with Gasteiger partial charge in [0, 0.05) is 19.1 Å². The van der Waals surface area contributed by atoms with E-state index < -0.39 is 0 Å². The van der Waals surface area contributed by atoms with Crippen LogP contribution in [-0.2, 0) is 6.42 Å². The zero-order valence-electron chi connectivity index (χ0n) is 12.1. The van der Waals surface area contributed by atoms with Crippen LogP contribution in [0.3, 0.4) is 0 Å². The van der Waals surface area contributed by atoms with Crippen LogP contribution < -0.4 is 14.8 Å². The number of ether oxygens (including phenoxy) is 2. The fourth-order valence-corrected chi connectivity index (χ4v) is 2.20. The van der Waals surface area contributed by atoms with E-state index >= 15 is 0 Å². The topological polar surface area (TPSA) is 33.7 Å². The summed E-state index contributed by atoms with van der Waals surface area (Å²) in [6.07, 6.45) is 2.22. The van der Waals surface area contributed by atoms with E-state index in [1.165, 1.54) is 5.56 Å². The molecule has 19 heavy (non-hydrogen) atoms. The van der Waals surface area contributed by atoms with Gasteiger partial charge in [-0.25, -0.2) is 0 Å². The van der Waals surface area contributed by atoms with Crippen molar-refractivity contribution in [1.29, 1.82) is 0 Å². The van der Waals surface area contributed by atoms with Crippen LogP contribution in [0, 0.1) is 0 Å². The van der Waals surface area contributed by atoms with E-state index in [0.29, 0.717) is 12.8 Å². The summed E-state index contributed by atoms with van der Waals surface area (Å²) >= 11 is 0. The van der Waals surface area contributed by atoms with Crippen LogP contribution in [0.1, 0.15) is 18.9 Å². The lowest BCUT2D eigenvalue weighted by molar-refractivity contribution is 0.174. The number of hydrogen-bond donors (Lipinski definition) is 1. The van der Waals surface area contributed by atoms with E-state index in [0.717, 1.165) is 37.4 Å². The maximum absolute atomic E-state index is 5.41. The number of nitrogens with zero attached hydrogens (tertiary/aromatic N) is 1. The third kappa shape index (κ3) is 3.85. The van der Waals surface area contributed by atoms with E-state index in [9.17, 15) is 0 Å². The molecule has 1 unspecified atom stereocenters. The highest BCUT2D eigenvalue weighted by molar-refractivity contribution is 5.44. The van der Waals surface area contributed by atoms with Crippen LogP contribution in [0.25, 0.3) is 0 Å². The fourth-order valence-electron chi connectivity index (χ4n) is 2.20. The smallest absolute Gasteiger partial charge is 0.231 e. The van der Waals surface area contributed by atoms with Crippen molar-refractivity contribution < 1.29 is 9.47 Å². The van der Waals surface area contributed by atoms with Gasteiger partial charge in [0.15, 0.2) is 11.5 Å². The summed E-state index contributed by atoms with van der Waals surface area (Å²) in [5, 5.41) is 3.18. The summed E-state index contributed by atoms with van der Waals surface area (Å²) in [5.74, 6) is 1.75. The van der Waals surface area contributed by atoms with Crippen molar-refractivity contribution >= 4 is 0 Å². The molecule has 106 valence electrons. The summed E-state index contributed by atoms with van der Waals surface area (Å²) in [6, 6.07) is 6.82. The Morgan fingerprint density at radius 2 is 2.11 bits per heavy atom. The number of nitrogens with one attached hydrogen (secondary N) is 1. The number of rotatable bonds is 7. The highest BCUT2D eigenvalue weighted by atomic mass is 16.7. The first-order valence-corrected chi connectivity index (χ1v) is 6.94. The first-order valence-electron chi connectivity index (χ1n) is 6.94. The second-order valence-corrected chi connectivity index (χ2v) is 5.16. The van der Waals surface area contributed by atoms with Gasteiger partial charge in [0.1, 0.15) is 0 Å². The number of benzene rings is 1. The van der Waals surface area contributed by atoms with Crippen molar-refractivity contribution in [3.05, 3.63) is 23.8 Å². The standard InChI is InChI=1S/C15H24N2O2/c1-12(17(3)9-8-16-2)4-5-13-6-7-14-15(10-13)19-11-18-14/h6-7,10,12,16H,4-5,8-9,11H2,1-3H3. The minimum Gasteiger partial charge on any atom is -0.454 e. The second kappa shape index (κ2) is 6.78. The van der Waals surface area contributed by atoms with E-state index in [2.05, 4.69) is 36.3 Å². The fraction of sp³-hybridized carbons (Fsp3) is 0.600. The van der Waals surface area contributed by atoms with Gasteiger partial charge in [-0.2, -0.15) is 0 Å². The molecule has 1 N–H and O–H groups in total. The number of aryl methyl sites for hydroxylation is 1. The molecule has 0 spiro atoms. The van der Waals surface area contributed by atoms with E-state index in [-0.39, 0.29) is 0 Å². The molecule has 0 radical (unpaired) electrons. The Kier molecular flexibility index (Phi) is 5.05. The minimum absolute atomic E-state index is 0.349. The van der Waals surface area contributed by atoms with Crippen LogP contribution in [0.2, 0.25) is 0 Å². The zero-order chi connectivity index (χ0) is 13.7. The molecule has 0 bridgehead atoms. The maximum Gasteiger partial charge on any atom is 0.231 e. The molecule has 1 aromatic rings. The molecule has 2 rings (SSSR count). The Bertz CT molecular complexity index is 409. The zero-order valence-corrected chi connectivity index (χ0v) is 12.1. The summed E-state index contributed by atoms with van der Waals surface area (Å²) in [7, 11) is 4.17. The van der Waals surface area contributed by atoms with Crippen LogP contribution in [-0.4, -0.2) is 44.9 Å². The predicted molar refractivity (Wildman–Crippen MR) is 76.9 cm³/mol. The summed E-state index contributed by atoms with van der Waals surface area (Å²) < 4.78 is 10.7. The lowest BCUT2D eigenvalue weighted by Gasteiger charge is -2.24. The first kappa shape index (κ1) is 14.2. The Morgan fingerprint density at radius 3 is 2.89 bits per heavy atom. The van der Waals surface area contributed by atoms with Crippen LogP contribution in [0.4, 0.5) is 0 Å². The largest absolute Gasteiger partial charge is 0.454 e. The maximum atomic E-state index is 5.41. The molecule has 1 atom stereocenters. The number of fused-ring (bicyclic) bond motifs is 1. The third-order valence-electron chi connectivity index (χ3n) is 3.75. The Balaban J connectivity index is 1.81. The van der Waals surface area contributed by atoms with Gasteiger partial charge in [-0.3, -0.25) is 0 Å². The van der Waals surface area contributed by atoms with Crippen molar-refractivity contribution in [2.75, 3.05) is 34.0 Å². The SMILES string of the molecule is CNCCN(C)C(C)CCc1ccc2c(c1)OCO2. The Hall–Kier alpha value is -1.26. The van der Waals surface area contributed by atoms with E-state index in [1.54, 1.807) is 0 Å². The Morgan fingerprint density at radius 1 is 1.32 bits per heavy atom. The molecule has 1 aliphatic heterocycles. The average Bonchev–Trinajstić information content (AvgIpc) is 2.89. The molecular weight excluding hydrogens is 240 g/mol. The molecule has 0 aliphatic carbocycles. The van der Waals surface area contributed by atoms with Gasteiger partial charge < -0.3 is 19.7 Å². The van der Waals surface area contributed by atoms with Crippen molar-refractivity contribution in [3.63, 3.8) is 0 Å². The molecule has 0 amide bonds. The summed E-state index contributed by atoms with van der Waals surface area (Å²) in [6.45, 7) is 4.74. The minimum atomic E-state index is 0.349. The molecule has 1 aromatic carbocycles. The lowest BCUT2D eigenvalue weighted by atomic mass is 10.0. The van der Waals surface area contributed by atoms with Crippen molar-refractivity contribution in [1.82, 2.24) is 10.2 Å². The van der Waals surface area contributed by atoms with Gasteiger partial charge in [-0.15, -0.1) is 0 Å². The van der Waals surface area contributed by atoms with Gasteiger partial charge in [0.05, 0.1) is 0 Å². The van der Waals surface area contributed by atoms with E-state index in [1.807, 2.05) is 13.1 Å². The normalized spacial score (nSPS) is 14.9. The van der Waals surface area contributed by atoms with Gasteiger partial charge >= 0.3 is 0 Å². The first-order chi connectivity index (χ1) is 9.20. The molecule has 0 fully saturated rings. The van der Waals surface area contributed by atoms with Crippen LogP contribution in [0.15, 0.2) is 18.2 Å². The number of hydrogen-bond acceptors (Lipinski definition) is 4. The monoisotopic (exact) mass is 264 g/mol. The molecule has 1 heterocycles. The highest BCUT2D eigenvalue weighted by Gasteiger charge is 2.14. The summed E-state index contributed by atoms with van der Waals surface area (Å²) in [5.41, 5.74) is 1.32. The molecule has 4 nitrogen and oxygen atoms in total. The van der Waals surface area contributed by atoms with E-state index in [4.69, 9.17) is 9.47 Å². The highest BCUT2D eigenvalue weighted by Crippen LogP contribution is 2.32. The van der Waals surface area contributed by atoms with Gasteiger partial charge in [0.2, 0.25) is 6.79 Å². The molecule has 0 aromatic heterocycles. The van der Waals surface area contributed by atoms with Gasteiger partial charge in [-0.05, 0) is 51.6 Å². The van der Waals surface area contributed by atoms with Crippen molar-refractivity contribution in [3.8, 4) is 11.5 Å². The quantitative estimate of drug-likeness (QED) is 0.815. The van der Waals surface area contributed by atoms with Crippen molar-refractivity contribution in [2.24, 2.45) is 0 Å². The van der Waals surface area contributed by atoms with Crippen molar-refractivity contribution in [2.45, 2.75) is 25.8 Å². The number of likely N-dealkylation sites (N-methyl/N-ethyl adjacent to an activating group) is 2. The molecule has 4 heteroatoms. The second-order valence-electron chi connectivity index (χ2n) is 5.16. The van der Waals surface area contributed by atoms with Gasteiger partial charge in [0.25, 0.3) is 0 Å². The third-order valence-corrected chi connectivity index (χ3v) is 3.75. The molecular formula is C15H24N2O2. The molecule has 0 saturated carbocycles. The summed E-state index contributed by atoms with van der Waals surface area (Å²) in [4.78, 5) is 2.39. The van der Waals surface area contributed by atoms with Crippen LogP contribution in [0.5, 0.6) is 11.5 Å². The Labute approximate surface area is 115 Å². The predicted octanol–water partition coefficient (Wildman–Crippen LogP) is 1.89. The molecule has 0 saturated heterocycles. The average molecular weight is 264 g/mol. The molecule has 1 aliphatic rings. The van der Waals surface area contributed by atoms with Gasteiger partial charge in [-0.1, -0.05) is 6.07 Å². The lowest BCUT2D eigenvalue weighted by Crippen LogP contribution is -2.34.